The molecule has 0 saturated carbocycles. The van der Waals surface area contributed by atoms with Gasteiger partial charge in [0.25, 0.3) is 0 Å². The van der Waals surface area contributed by atoms with E-state index in [4.69, 9.17) is 0 Å². The molecule has 4 rings (SSSR count). The van der Waals surface area contributed by atoms with Gasteiger partial charge in [-0.1, -0.05) is 42.5 Å². The Hall–Kier alpha value is -2.34. The molecule has 0 N–H and O–H groups in total. The highest BCUT2D eigenvalue weighted by atomic mass is 19.4. The Morgan fingerprint density at radius 3 is 2.23 bits per heavy atom. The maximum Gasteiger partial charge on any atom is 0.396 e. The highest BCUT2D eigenvalue weighted by Crippen LogP contribution is 2.38. The number of hydrogen-bond acceptors (Lipinski definition) is 2. The fourth-order valence-electron chi connectivity index (χ4n) is 4.55. The molecule has 0 aliphatic carbocycles. The van der Waals surface area contributed by atoms with E-state index >= 15 is 0 Å². The van der Waals surface area contributed by atoms with E-state index in [1.807, 2.05) is 52.3 Å². The van der Waals surface area contributed by atoms with Crippen molar-refractivity contribution in [1.82, 2.24) is 9.80 Å². The van der Waals surface area contributed by atoms with E-state index in [2.05, 4.69) is 0 Å². The van der Waals surface area contributed by atoms with Crippen LogP contribution in [0.25, 0.3) is 0 Å². The molecule has 2 saturated heterocycles. The predicted molar refractivity (Wildman–Crippen MR) is 109 cm³/mol. The summed E-state index contributed by atoms with van der Waals surface area (Å²) in [5.41, 5.74) is 2.59. The Kier molecular flexibility index (Phi) is 6.14. The van der Waals surface area contributed by atoms with Crippen LogP contribution in [0, 0.1) is 11.7 Å². The Balaban J connectivity index is 1.41. The van der Waals surface area contributed by atoms with Gasteiger partial charge in [-0.3, -0.25) is 4.90 Å². The van der Waals surface area contributed by atoms with Crippen LogP contribution in [0.15, 0.2) is 66.4 Å². The van der Waals surface area contributed by atoms with Crippen LogP contribution in [-0.4, -0.2) is 42.2 Å². The molecule has 2 fully saturated rings. The van der Waals surface area contributed by atoms with Crippen molar-refractivity contribution in [2.24, 2.45) is 5.92 Å². The Bertz CT molecular complexity index is 853. The first kappa shape index (κ1) is 20.9. The summed E-state index contributed by atoms with van der Waals surface area (Å²) in [6, 6.07) is 16.2. The predicted octanol–water partition coefficient (Wildman–Crippen LogP) is 5.58. The van der Waals surface area contributed by atoms with Crippen molar-refractivity contribution >= 4 is 0 Å². The first-order valence-electron chi connectivity index (χ1n) is 10.4. The highest BCUT2D eigenvalue weighted by molar-refractivity contribution is 5.23. The van der Waals surface area contributed by atoms with E-state index in [-0.39, 0.29) is 12.4 Å². The minimum atomic E-state index is -4.23. The van der Waals surface area contributed by atoms with Gasteiger partial charge in [0.05, 0.1) is 5.92 Å². The lowest BCUT2D eigenvalue weighted by Gasteiger charge is -2.32. The van der Waals surface area contributed by atoms with Gasteiger partial charge in [-0.2, -0.15) is 13.2 Å². The zero-order valence-electron chi connectivity index (χ0n) is 16.8. The molecule has 2 aliphatic heterocycles. The van der Waals surface area contributed by atoms with Crippen molar-refractivity contribution in [3.63, 3.8) is 0 Å². The van der Waals surface area contributed by atoms with Gasteiger partial charge >= 0.3 is 6.18 Å². The van der Waals surface area contributed by atoms with E-state index in [1.165, 1.54) is 12.1 Å². The molecule has 0 radical (unpaired) electrons. The summed E-state index contributed by atoms with van der Waals surface area (Å²) in [6.45, 7) is 2.31. The molecule has 2 aromatic carbocycles. The maximum absolute atomic E-state index is 13.7. The minimum absolute atomic E-state index is 0.0102. The molecule has 2 aliphatic rings. The number of piperidine rings is 1. The Morgan fingerprint density at radius 2 is 1.60 bits per heavy atom. The summed E-state index contributed by atoms with van der Waals surface area (Å²) in [5, 5.41) is 0. The minimum Gasteiger partial charge on any atom is -0.377 e. The third-order valence-electron chi connectivity index (χ3n) is 6.16. The molecule has 30 heavy (non-hydrogen) atoms. The van der Waals surface area contributed by atoms with Crippen LogP contribution >= 0.6 is 0 Å². The maximum atomic E-state index is 13.7. The molecular weight excluding hydrogens is 392 g/mol. The Morgan fingerprint density at radius 1 is 0.933 bits per heavy atom. The number of benzene rings is 2. The van der Waals surface area contributed by atoms with Gasteiger partial charge in [0, 0.05) is 38.9 Å². The lowest BCUT2D eigenvalue weighted by Crippen LogP contribution is -2.31. The average Bonchev–Trinajstić information content (AvgIpc) is 3.13. The first-order chi connectivity index (χ1) is 14.4. The molecule has 0 spiro atoms. The van der Waals surface area contributed by atoms with Crippen LogP contribution in [0.1, 0.15) is 29.9 Å². The topological polar surface area (TPSA) is 6.48 Å². The molecule has 0 unspecified atom stereocenters. The summed E-state index contributed by atoms with van der Waals surface area (Å²) in [6.07, 6.45) is -0.757. The van der Waals surface area contributed by atoms with E-state index in [0.29, 0.717) is 24.6 Å². The highest BCUT2D eigenvalue weighted by Gasteiger charge is 2.46. The van der Waals surface area contributed by atoms with Gasteiger partial charge in [0.15, 0.2) is 0 Å². The molecule has 160 valence electrons. The van der Waals surface area contributed by atoms with Crippen LogP contribution in [0.3, 0.4) is 0 Å². The number of rotatable bonds is 4. The summed E-state index contributed by atoms with van der Waals surface area (Å²) in [7, 11) is 0. The second kappa shape index (κ2) is 8.80. The fourth-order valence-corrected chi connectivity index (χ4v) is 4.55. The van der Waals surface area contributed by atoms with Gasteiger partial charge in [-0.05, 0) is 47.6 Å². The van der Waals surface area contributed by atoms with Crippen molar-refractivity contribution in [2.45, 2.75) is 31.5 Å². The third-order valence-corrected chi connectivity index (χ3v) is 6.16. The first-order valence-corrected chi connectivity index (χ1v) is 10.4. The Labute approximate surface area is 174 Å². The van der Waals surface area contributed by atoms with Gasteiger partial charge < -0.3 is 4.90 Å². The SMILES string of the molecule is Fc1ccc(C2CCN(/C=C3\CN(Cc4ccccc4)C[C@H]3C(F)(F)F)CC2)cc1. The van der Waals surface area contributed by atoms with Crippen LogP contribution in [0.5, 0.6) is 0 Å². The molecule has 0 bridgehead atoms. The van der Waals surface area contributed by atoms with Gasteiger partial charge in [0.2, 0.25) is 0 Å². The monoisotopic (exact) mass is 418 g/mol. The third kappa shape index (κ3) is 5.04. The van der Waals surface area contributed by atoms with E-state index in [9.17, 15) is 17.6 Å². The number of nitrogens with zero attached hydrogens (tertiary/aromatic N) is 2. The number of likely N-dealkylation sites (tertiary alicyclic amines) is 2. The molecule has 2 heterocycles. The molecule has 2 aromatic rings. The van der Waals surface area contributed by atoms with Crippen molar-refractivity contribution in [3.8, 4) is 0 Å². The second-order valence-electron chi connectivity index (χ2n) is 8.32. The zero-order chi connectivity index (χ0) is 21.1. The molecular formula is C24H26F4N2. The van der Waals surface area contributed by atoms with E-state index in [0.717, 1.165) is 37.1 Å². The van der Waals surface area contributed by atoms with Crippen LogP contribution in [0.2, 0.25) is 0 Å². The van der Waals surface area contributed by atoms with Crippen LogP contribution in [-0.2, 0) is 6.54 Å². The molecule has 0 amide bonds. The summed E-state index contributed by atoms with van der Waals surface area (Å²) in [4.78, 5) is 3.91. The quantitative estimate of drug-likeness (QED) is 0.598. The van der Waals surface area contributed by atoms with Crippen molar-refractivity contribution in [1.29, 1.82) is 0 Å². The summed E-state index contributed by atoms with van der Waals surface area (Å²) < 4.78 is 54.2. The standard InChI is InChI=1S/C24H26F4N2/c25-22-8-6-19(7-9-22)20-10-12-29(13-11-20)15-21-16-30(17-23(21)24(26,27)28)14-18-4-2-1-3-5-18/h1-9,15,20,23H,10-14,16-17H2/b21-15+/t23-/m1/s1. The number of halogens is 4. The van der Waals surface area contributed by atoms with E-state index in [1.54, 1.807) is 6.20 Å². The van der Waals surface area contributed by atoms with Crippen LogP contribution < -0.4 is 0 Å². The van der Waals surface area contributed by atoms with Gasteiger partial charge in [-0.25, -0.2) is 4.39 Å². The zero-order valence-corrected chi connectivity index (χ0v) is 16.8. The molecule has 2 nitrogen and oxygen atoms in total. The average molecular weight is 418 g/mol. The smallest absolute Gasteiger partial charge is 0.377 e. The van der Waals surface area contributed by atoms with Gasteiger partial charge in [-0.15, -0.1) is 0 Å². The lowest BCUT2D eigenvalue weighted by molar-refractivity contribution is -0.161. The molecule has 1 atom stereocenters. The van der Waals surface area contributed by atoms with Crippen molar-refractivity contribution in [3.05, 3.63) is 83.3 Å². The van der Waals surface area contributed by atoms with Crippen molar-refractivity contribution in [2.75, 3.05) is 26.2 Å². The largest absolute Gasteiger partial charge is 0.396 e. The molecule has 6 heteroatoms. The van der Waals surface area contributed by atoms with Crippen molar-refractivity contribution < 1.29 is 17.6 Å². The summed E-state index contributed by atoms with van der Waals surface area (Å²) in [5.74, 6) is -1.33. The van der Waals surface area contributed by atoms with E-state index < -0.39 is 12.1 Å². The summed E-state index contributed by atoms with van der Waals surface area (Å²) >= 11 is 0. The fraction of sp³-hybridized carbons (Fsp3) is 0.417. The van der Waals surface area contributed by atoms with Gasteiger partial charge in [0.1, 0.15) is 5.82 Å². The normalized spacial score (nSPS) is 22.7. The molecule has 0 aromatic heterocycles. The lowest BCUT2D eigenvalue weighted by atomic mass is 9.89. The number of alkyl halides is 3. The van der Waals surface area contributed by atoms with Crippen LogP contribution in [0.4, 0.5) is 17.6 Å². The second-order valence-corrected chi connectivity index (χ2v) is 8.32. The number of hydrogen-bond donors (Lipinski definition) is 0.